The second-order valence-electron chi connectivity index (χ2n) is 9.10. The standard InChI is InChI=1S/C27H38N2O4/c1-7-23(28-26(30)14-18(2)3)27-22-16-25(33-6)24(32-5)15-20(22)12-13-29(27)17-19-8-10-21(31-4)11-9-19/h8-11,15-16,18,23,27H,7,12-14,17H2,1-6H3,(H,28,30). The van der Waals surface area contributed by atoms with Crippen molar-refractivity contribution in [2.24, 2.45) is 5.92 Å². The van der Waals surface area contributed by atoms with Gasteiger partial charge < -0.3 is 19.5 Å². The lowest BCUT2D eigenvalue weighted by atomic mass is 9.86. The van der Waals surface area contributed by atoms with E-state index in [1.165, 1.54) is 16.7 Å². The summed E-state index contributed by atoms with van der Waals surface area (Å²) in [6.07, 6.45) is 2.28. The van der Waals surface area contributed by atoms with Crippen LogP contribution in [0.2, 0.25) is 0 Å². The van der Waals surface area contributed by atoms with Crippen molar-refractivity contribution < 1.29 is 19.0 Å². The quantitative estimate of drug-likeness (QED) is 0.561. The monoisotopic (exact) mass is 454 g/mol. The van der Waals surface area contributed by atoms with Gasteiger partial charge in [0.15, 0.2) is 11.5 Å². The number of amides is 1. The van der Waals surface area contributed by atoms with Crippen LogP contribution in [-0.4, -0.2) is 44.7 Å². The fraction of sp³-hybridized carbons (Fsp3) is 0.519. The molecule has 2 aromatic rings. The largest absolute Gasteiger partial charge is 0.497 e. The molecule has 1 aliphatic rings. The predicted octanol–water partition coefficient (Wildman–Crippen LogP) is 4.75. The fourth-order valence-electron chi connectivity index (χ4n) is 4.68. The summed E-state index contributed by atoms with van der Waals surface area (Å²) in [6.45, 7) is 7.97. The molecule has 0 spiro atoms. The highest BCUT2D eigenvalue weighted by Gasteiger charge is 2.35. The van der Waals surface area contributed by atoms with E-state index in [2.05, 4.69) is 55.3 Å². The number of methoxy groups -OCH3 is 3. The average molecular weight is 455 g/mol. The number of carbonyl (C=O) groups is 1. The van der Waals surface area contributed by atoms with Gasteiger partial charge in [-0.3, -0.25) is 9.69 Å². The molecule has 3 rings (SSSR count). The van der Waals surface area contributed by atoms with E-state index in [4.69, 9.17) is 14.2 Å². The third kappa shape index (κ3) is 5.99. The maximum Gasteiger partial charge on any atom is 0.220 e. The Morgan fingerprint density at radius 3 is 2.30 bits per heavy atom. The number of ether oxygens (including phenoxy) is 3. The van der Waals surface area contributed by atoms with Crippen LogP contribution >= 0.6 is 0 Å². The zero-order valence-electron chi connectivity index (χ0n) is 20.8. The van der Waals surface area contributed by atoms with Crippen molar-refractivity contribution in [3.05, 3.63) is 53.1 Å². The molecule has 0 aromatic heterocycles. The first-order valence-corrected chi connectivity index (χ1v) is 11.8. The molecule has 2 aromatic carbocycles. The molecule has 33 heavy (non-hydrogen) atoms. The first kappa shape index (κ1) is 24.9. The van der Waals surface area contributed by atoms with E-state index in [1.54, 1.807) is 21.3 Å². The van der Waals surface area contributed by atoms with E-state index in [-0.39, 0.29) is 18.0 Å². The second kappa shape index (κ2) is 11.4. The van der Waals surface area contributed by atoms with Crippen molar-refractivity contribution in [2.75, 3.05) is 27.9 Å². The summed E-state index contributed by atoms with van der Waals surface area (Å²) in [7, 11) is 5.01. The van der Waals surface area contributed by atoms with Crippen molar-refractivity contribution in [3.63, 3.8) is 0 Å². The van der Waals surface area contributed by atoms with Crippen LogP contribution in [0.25, 0.3) is 0 Å². The van der Waals surface area contributed by atoms with Gasteiger partial charge >= 0.3 is 0 Å². The molecule has 1 N–H and O–H groups in total. The number of hydrogen-bond acceptors (Lipinski definition) is 5. The van der Waals surface area contributed by atoms with Crippen LogP contribution in [0.1, 0.15) is 56.3 Å². The smallest absolute Gasteiger partial charge is 0.220 e. The van der Waals surface area contributed by atoms with Crippen LogP contribution in [0.4, 0.5) is 0 Å². The van der Waals surface area contributed by atoms with E-state index in [0.717, 1.165) is 43.2 Å². The second-order valence-corrected chi connectivity index (χ2v) is 9.10. The van der Waals surface area contributed by atoms with Crippen molar-refractivity contribution in [1.82, 2.24) is 10.2 Å². The lowest BCUT2D eigenvalue weighted by Gasteiger charge is -2.42. The zero-order chi connectivity index (χ0) is 24.0. The highest BCUT2D eigenvalue weighted by molar-refractivity contribution is 5.76. The molecule has 0 bridgehead atoms. The van der Waals surface area contributed by atoms with E-state index in [1.807, 2.05) is 12.1 Å². The van der Waals surface area contributed by atoms with Gasteiger partial charge in [-0.15, -0.1) is 0 Å². The predicted molar refractivity (Wildman–Crippen MR) is 131 cm³/mol. The normalized spacial score (nSPS) is 16.8. The molecular weight excluding hydrogens is 416 g/mol. The van der Waals surface area contributed by atoms with Crippen LogP contribution < -0.4 is 19.5 Å². The van der Waals surface area contributed by atoms with Gasteiger partial charge in [0, 0.05) is 25.6 Å². The third-order valence-corrected chi connectivity index (χ3v) is 6.33. The summed E-state index contributed by atoms with van der Waals surface area (Å²) >= 11 is 0. The maximum absolute atomic E-state index is 12.7. The number of nitrogens with one attached hydrogen (secondary N) is 1. The number of carbonyl (C=O) groups excluding carboxylic acids is 1. The van der Waals surface area contributed by atoms with Gasteiger partial charge in [-0.1, -0.05) is 32.9 Å². The van der Waals surface area contributed by atoms with Gasteiger partial charge in [0.05, 0.1) is 27.4 Å². The molecule has 2 atom stereocenters. The topological polar surface area (TPSA) is 60.0 Å². The molecular formula is C27H38N2O4. The number of fused-ring (bicyclic) bond motifs is 1. The minimum atomic E-state index is -0.00773. The van der Waals surface area contributed by atoms with E-state index in [9.17, 15) is 4.79 Å². The molecule has 1 amide bonds. The molecule has 6 nitrogen and oxygen atoms in total. The zero-order valence-corrected chi connectivity index (χ0v) is 20.8. The van der Waals surface area contributed by atoms with Crippen LogP contribution in [0.15, 0.2) is 36.4 Å². The molecule has 6 heteroatoms. The summed E-state index contributed by atoms with van der Waals surface area (Å²) in [5.41, 5.74) is 3.66. The molecule has 0 aliphatic carbocycles. The molecule has 180 valence electrons. The van der Waals surface area contributed by atoms with E-state index in [0.29, 0.717) is 12.3 Å². The molecule has 1 aliphatic heterocycles. The Morgan fingerprint density at radius 1 is 1.06 bits per heavy atom. The SMILES string of the molecule is CCC(NC(=O)CC(C)C)C1c2cc(OC)c(OC)cc2CCN1Cc1ccc(OC)cc1. The number of benzene rings is 2. The van der Waals surface area contributed by atoms with Gasteiger partial charge in [-0.25, -0.2) is 0 Å². The third-order valence-electron chi connectivity index (χ3n) is 6.33. The minimum absolute atomic E-state index is 0.00773. The van der Waals surface area contributed by atoms with Gasteiger partial charge in [-0.05, 0) is 59.7 Å². The summed E-state index contributed by atoms with van der Waals surface area (Å²) < 4.78 is 16.5. The lowest BCUT2D eigenvalue weighted by Crippen LogP contribution is -2.48. The molecule has 0 fully saturated rings. The maximum atomic E-state index is 12.7. The van der Waals surface area contributed by atoms with Crippen LogP contribution in [-0.2, 0) is 17.8 Å². The summed E-state index contributed by atoms with van der Waals surface area (Å²) in [4.78, 5) is 15.2. The van der Waals surface area contributed by atoms with Gasteiger partial charge in [-0.2, -0.15) is 0 Å². The Bertz CT molecular complexity index is 926. The highest BCUT2D eigenvalue weighted by Crippen LogP contribution is 2.40. The summed E-state index contributed by atoms with van der Waals surface area (Å²) in [5.74, 6) is 2.74. The summed E-state index contributed by atoms with van der Waals surface area (Å²) in [6, 6.07) is 12.4. The molecule has 1 heterocycles. The lowest BCUT2D eigenvalue weighted by molar-refractivity contribution is -0.123. The Morgan fingerprint density at radius 2 is 1.73 bits per heavy atom. The Hall–Kier alpha value is -2.73. The molecule has 0 saturated carbocycles. The van der Waals surface area contributed by atoms with Crippen molar-refractivity contribution >= 4 is 5.91 Å². The van der Waals surface area contributed by atoms with Gasteiger partial charge in [0.2, 0.25) is 5.91 Å². The fourth-order valence-corrected chi connectivity index (χ4v) is 4.68. The van der Waals surface area contributed by atoms with Crippen LogP contribution in [0.5, 0.6) is 17.2 Å². The first-order chi connectivity index (χ1) is 15.9. The minimum Gasteiger partial charge on any atom is -0.497 e. The average Bonchev–Trinajstić information content (AvgIpc) is 2.81. The highest BCUT2D eigenvalue weighted by atomic mass is 16.5. The van der Waals surface area contributed by atoms with Crippen molar-refractivity contribution in [3.8, 4) is 17.2 Å². The number of hydrogen-bond donors (Lipinski definition) is 1. The first-order valence-electron chi connectivity index (χ1n) is 11.8. The van der Waals surface area contributed by atoms with Crippen molar-refractivity contribution in [2.45, 2.75) is 58.7 Å². The Kier molecular flexibility index (Phi) is 8.61. The van der Waals surface area contributed by atoms with Crippen LogP contribution in [0, 0.1) is 5.92 Å². The van der Waals surface area contributed by atoms with Crippen LogP contribution in [0.3, 0.4) is 0 Å². The molecule has 2 unspecified atom stereocenters. The van der Waals surface area contributed by atoms with Crippen molar-refractivity contribution in [1.29, 1.82) is 0 Å². The molecule has 0 saturated heterocycles. The number of nitrogens with zero attached hydrogens (tertiary/aromatic N) is 1. The molecule has 0 radical (unpaired) electrons. The Labute approximate surface area is 198 Å². The Balaban J connectivity index is 1.98. The summed E-state index contributed by atoms with van der Waals surface area (Å²) in [5, 5.41) is 3.34. The van der Waals surface area contributed by atoms with Gasteiger partial charge in [0.1, 0.15) is 5.75 Å². The van der Waals surface area contributed by atoms with E-state index < -0.39 is 0 Å². The van der Waals surface area contributed by atoms with E-state index >= 15 is 0 Å². The number of rotatable bonds is 10. The van der Waals surface area contributed by atoms with Gasteiger partial charge in [0.25, 0.3) is 0 Å².